The Balaban J connectivity index is 0. The summed E-state index contributed by atoms with van der Waals surface area (Å²) in [6.45, 7) is 1.98. The van der Waals surface area contributed by atoms with Crippen molar-refractivity contribution in [2.24, 2.45) is 0 Å². The van der Waals surface area contributed by atoms with Crippen molar-refractivity contribution in [1.29, 1.82) is 0 Å². The Morgan fingerprint density at radius 2 is 1.91 bits per heavy atom. The molecule has 0 aliphatic rings. The molecule has 0 aromatic carbocycles. The number of hydrogen-bond donors (Lipinski definition) is 0. The molecule has 11 heavy (non-hydrogen) atoms. The van der Waals surface area contributed by atoms with Crippen LogP contribution in [-0.2, 0) is 10.1 Å². The Bertz CT molecular complexity index is 196. The molecule has 0 heterocycles. The standard InChI is InChI=1S/C6H12O3S.Na/c1-2-3-4-5-6-10(7,8)9;/h4-5H,2-3,6H2,1H3,(H,7,8,9);/q;+1/p-1. The van der Waals surface area contributed by atoms with Gasteiger partial charge < -0.3 is 4.55 Å². The van der Waals surface area contributed by atoms with Gasteiger partial charge in [0.25, 0.3) is 0 Å². The first-order chi connectivity index (χ1) is 4.56. The van der Waals surface area contributed by atoms with Crippen LogP contribution >= 0.6 is 0 Å². The van der Waals surface area contributed by atoms with Crippen LogP contribution in [0.5, 0.6) is 0 Å². The summed E-state index contributed by atoms with van der Waals surface area (Å²) in [6.07, 6.45) is 4.90. The quantitative estimate of drug-likeness (QED) is 0.287. The zero-order valence-electron chi connectivity index (χ0n) is 6.91. The second kappa shape index (κ2) is 7.31. The van der Waals surface area contributed by atoms with Gasteiger partial charge in [0, 0.05) is 0 Å². The van der Waals surface area contributed by atoms with Gasteiger partial charge in [-0.15, -0.1) is 0 Å². The molecule has 0 spiro atoms. The largest absolute Gasteiger partial charge is 1.00 e. The van der Waals surface area contributed by atoms with Crippen molar-refractivity contribution in [3.63, 3.8) is 0 Å². The maximum Gasteiger partial charge on any atom is 1.00 e. The molecule has 3 nitrogen and oxygen atoms in total. The van der Waals surface area contributed by atoms with E-state index in [0.717, 1.165) is 12.8 Å². The first-order valence-corrected chi connectivity index (χ1v) is 4.72. The third kappa shape index (κ3) is 13.6. The zero-order valence-corrected chi connectivity index (χ0v) is 9.73. The van der Waals surface area contributed by atoms with Gasteiger partial charge in [0.1, 0.15) is 0 Å². The van der Waals surface area contributed by atoms with Gasteiger partial charge in [0.15, 0.2) is 0 Å². The van der Waals surface area contributed by atoms with E-state index < -0.39 is 10.1 Å². The molecule has 0 unspecified atom stereocenters. The van der Waals surface area contributed by atoms with Crippen LogP contribution in [0.15, 0.2) is 12.2 Å². The Hall–Kier alpha value is 0.650. The number of allylic oxidation sites excluding steroid dienone is 1. The summed E-state index contributed by atoms with van der Waals surface area (Å²) in [6, 6.07) is 0. The monoisotopic (exact) mass is 186 g/mol. The molecule has 5 heteroatoms. The maximum atomic E-state index is 9.99. The molecule has 0 aliphatic carbocycles. The van der Waals surface area contributed by atoms with Gasteiger partial charge in [-0.1, -0.05) is 25.5 Å². The van der Waals surface area contributed by atoms with Gasteiger partial charge in [0.2, 0.25) is 0 Å². The second-order valence-corrected chi connectivity index (χ2v) is 3.43. The van der Waals surface area contributed by atoms with E-state index in [1.54, 1.807) is 6.08 Å². The van der Waals surface area contributed by atoms with E-state index in [2.05, 4.69) is 0 Å². The van der Waals surface area contributed by atoms with Crippen molar-refractivity contribution < 1.29 is 42.5 Å². The second-order valence-electron chi connectivity index (χ2n) is 1.98. The Kier molecular flexibility index (Phi) is 9.43. The van der Waals surface area contributed by atoms with Gasteiger partial charge in [0.05, 0.1) is 15.9 Å². The van der Waals surface area contributed by atoms with Crippen molar-refractivity contribution in [1.82, 2.24) is 0 Å². The molecule has 0 aromatic rings. The minimum Gasteiger partial charge on any atom is -0.748 e. The third-order valence-electron chi connectivity index (χ3n) is 0.922. The van der Waals surface area contributed by atoms with Crippen molar-refractivity contribution in [3.05, 3.63) is 12.2 Å². The van der Waals surface area contributed by atoms with Crippen LogP contribution in [-0.4, -0.2) is 18.7 Å². The van der Waals surface area contributed by atoms with E-state index in [-0.39, 0.29) is 35.3 Å². The van der Waals surface area contributed by atoms with Crippen LogP contribution in [0.3, 0.4) is 0 Å². The smallest absolute Gasteiger partial charge is 0.748 e. The molecule has 0 aromatic heterocycles. The predicted molar refractivity (Wildman–Crippen MR) is 38.6 cm³/mol. The van der Waals surface area contributed by atoms with Gasteiger partial charge in [-0.2, -0.15) is 0 Å². The van der Waals surface area contributed by atoms with E-state index in [9.17, 15) is 13.0 Å². The van der Waals surface area contributed by atoms with Crippen LogP contribution in [0.1, 0.15) is 19.8 Å². The number of hydrogen-bond acceptors (Lipinski definition) is 3. The van der Waals surface area contributed by atoms with Crippen LogP contribution in [0.4, 0.5) is 0 Å². The summed E-state index contributed by atoms with van der Waals surface area (Å²) >= 11 is 0. The van der Waals surface area contributed by atoms with Crippen molar-refractivity contribution in [2.45, 2.75) is 19.8 Å². The Morgan fingerprint density at radius 1 is 1.36 bits per heavy atom. The molecular weight excluding hydrogens is 175 g/mol. The van der Waals surface area contributed by atoms with E-state index in [1.807, 2.05) is 6.92 Å². The van der Waals surface area contributed by atoms with Crippen LogP contribution < -0.4 is 29.6 Å². The van der Waals surface area contributed by atoms with E-state index in [1.165, 1.54) is 6.08 Å². The van der Waals surface area contributed by atoms with Gasteiger partial charge in [-0.05, 0) is 6.42 Å². The fourth-order valence-corrected chi connectivity index (χ4v) is 0.842. The summed E-state index contributed by atoms with van der Waals surface area (Å²) in [5.41, 5.74) is 0. The fraction of sp³-hybridized carbons (Fsp3) is 0.667. The molecule has 0 aliphatic heterocycles. The summed E-state index contributed by atoms with van der Waals surface area (Å²) in [4.78, 5) is 0. The maximum absolute atomic E-state index is 9.99. The molecule has 0 saturated carbocycles. The van der Waals surface area contributed by atoms with E-state index >= 15 is 0 Å². The third-order valence-corrected chi connectivity index (χ3v) is 1.52. The molecule has 0 N–H and O–H groups in total. The Labute approximate surface area is 89.9 Å². The molecule has 0 amide bonds. The minimum absolute atomic E-state index is 0. The van der Waals surface area contributed by atoms with E-state index in [0.29, 0.717) is 0 Å². The molecule has 0 bridgehead atoms. The zero-order chi connectivity index (χ0) is 8.04. The topological polar surface area (TPSA) is 57.2 Å². The number of rotatable bonds is 4. The first kappa shape index (κ1) is 14.2. The number of unbranched alkanes of at least 4 members (excludes halogenated alkanes) is 1. The van der Waals surface area contributed by atoms with Crippen LogP contribution in [0.25, 0.3) is 0 Å². The molecule has 0 atom stereocenters. The average molecular weight is 186 g/mol. The molecule has 0 radical (unpaired) electrons. The minimum atomic E-state index is -4.04. The van der Waals surface area contributed by atoms with Crippen LogP contribution in [0.2, 0.25) is 0 Å². The first-order valence-electron chi connectivity index (χ1n) is 3.15. The van der Waals surface area contributed by atoms with E-state index in [4.69, 9.17) is 0 Å². The van der Waals surface area contributed by atoms with Crippen molar-refractivity contribution in [2.75, 3.05) is 5.75 Å². The summed E-state index contributed by atoms with van der Waals surface area (Å²) in [5.74, 6) is -0.382. The summed E-state index contributed by atoms with van der Waals surface area (Å²) < 4.78 is 30.0. The van der Waals surface area contributed by atoms with Crippen molar-refractivity contribution >= 4 is 10.1 Å². The SMILES string of the molecule is CCCC=CCS(=O)(=O)[O-].[Na+]. The van der Waals surface area contributed by atoms with Gasteiger partial charge in [-0.3, -0.25) is 0 Å². The van der Waals surface area contributed by atoms with Crippen molar-refractivity contribution in [3.8, 4) is 0 Å². The molecule has 0 saturated heterocycles. The molecular formula is C6H11NaO3S. The predicted octanol–water partition coefficient (Wildman–Crippen LogP) is -2.11. The normalized spacial score (nSPS) is 11.5. The summed E-state index contributed by atoms with van der Waals surface area (Å²) in [7, 11) is -4.04. The molecule has 60 valence electrons. The van der Waals surface area contributed by atoms with Gasteiger partial charge >= 0.3 is 29.6 Å². The molecule has 0 fully saturated rings. The molecule has 0 rings (SSSR count). The Morgan fingerprint density at radius 3 is 2.27 bits per heavy atom. The fourth-order valence-electron chi connectivity index (χ4n) is 0.470. The summed E-state index contributed by atoms with van der Waals surface area (Å²) in [5, 5.41) is 0. The van der Waals surface area contributed by atoms with Gasteiger partial charge in [-0.25, -0.2) is 8.42 Å². The average Bonchev–Trinajstić information content (AvgIpc) is 1.78. The van der Waals surface area contributed by atoms with Crippen LogP contribution in [0, 0.1) is 0 Å².